The maximum Gasteiger partial charge on any atom is 0.331 e. The molecule has 1 fully saturated rings. The van der Waals surface area contributed by atoms with Crippen molar-refractivity contribution in [2.45, 2.75) is 52.4 Å². The van der Waals surface area contributed by atoms with Crippen molar-refractivity contribution >= 4 is 13.3 Å². The second-order valence-electron chi connectivity index (χ2n) is 6.31. The first-order chi connectivity index (χ1) is 9.30. The Labute approximate surface area is 121 Å². The summed E-state index contributed by atoms with van der Waals surface area (Å²) in [4.78, 5) is 21.3. The van der Waals surface area contributed by atoms with Gasteiger partial charge >= 0.3 is 5.97 Å². The zero-order valence-electron chi connectivity index (χ0n) is 12.5. The van der Waals surface area contributed by atoms with E-state index in [1.807, 2.05) is 13.8 Å². The van der Waals surface area contributed by atoms with Crippen LogP contribution in [0.4, 0.5) is 0 Å². The second kappa shape index (κ2) is 7.99. The van der Waals surface area contributed by atoms with E-state index in [9.17, 15) is 19.4 Å². The molecule has 0 heterocycles. The van der Waals surface area contributed by atoms with Gasteiger partial charge in [-0.3, -0.25) is 4.57 Å². The monoisotopic (exact) mass is 302 g/mol. The van der Waals surface area contributed by atoms with E-state index in [4.69, 9.17) is 0 Å². The third-order valence-corrected chi connectivity index (χ3v) is 5.63. The lowest BCUT2D eigenvalue weighted by atomic mass is 9.88. The van der Waals surface area contributed by atoms with E-state index in [2.05, 4.69) is 0 Å². The smallest absolute Gasteiger partial charge is 0.331 e. The van der Waals surface area contributed by atoms with Crippen molar-refractivity contribution in [1.29, 1.82) is 0 Å². The van der Waals surface area contributed by atoms with Crippen molar-refractivity contribution in [3.63, 3.8) is 0 Å². The van der Waals surface area contributed by atoms with Gasteiger partial charge in [-0.2, -0.15) is 0 Å². The average molecular weight is 302 g/mol. The van der Waals surface area contributed by atoms with Gasteiger partial charge in [0.1, 0.15) is 0 Å². The van der Waals surface area contributed by atoms with Gasteiger partial charge in [-0.15, -0.1) is 0 Å². The van der Waals surface area contributed by atoms with E-state index >= 15 is 0 Å². The van der Waals surface area contributed by atoms with Crippen molar-refractivity contribution in [2.75, 3.05) is 12.3 Å². The highest BCUT2D eigenvalue weighted by atomic mass is 31.2. The molecule has 0 aromatic heterocycles. The molecular formula is C15H27O4P. The van der Waals surface area contributed by atoms with E-state index in [0.717, 1.165) is 25.7 Å². The Morgan fingerprint density at radius 2 is 1.90 bits per heavy atom. The first-order valence-electron chi connectivity index (χ1n) is 7.55. The molecule has 0 aromatic carbocycles. The van der Waals surface area contributed by atoms with E-state index in [1.165, 1.54) is 6.42 Å². The van der Waals surface area contributed by atoms with Crippen molar-refractivity contribution in [1.82, 2.24) is 0 Å². The molecule has 1 rings (SSSR count). The molecule has 0 spiro atoms. The van der Waals surface area contributed by atoms with Crippen LogP contribution in [0.3, 0.4) is 0 Å². The normalized spacial score (nSPS) is 20.9. The maximum absolute atomic E-state index is 12.1. The molecule has 4 nitrogen and oxygen atoms in total. The lowest BCUT2D eigenvalue weighted by Gasteiger charge is -2.20. The molecule has 0 saturated heterocycles. The van der Waals surface area contributed by atoms with Crippen LogP contribution in [-0.4, -0.2) is 28.3 Å². The molecular weight excluding hydrogens is 275 g/mol. The summed E-state index contributed by atoms with van der Waals surface area (Å²) in [6, 6.07) is 0. The summed E-state index contributed by atoms with van der Waals surface area (Å²) in [5, 5.41) is 9.24. The summed E-state index contributed by atoms with van der Waals surface area (Å²) < 4.78 is 12.1. The van der Waals surface area contributed by atoms with Gasteiger partial charge in [-0.25, -0.2) is 4.79 Å². The van der Waals surface area contributed by atoms with E-state index < -0.39 is 13.3 Å². The summed E-state index contributed by atoms with van der Waals surface area (Å²) in [6.45, 7) is 3.99. The number of hydrogen-bond donors (Lipinski definition) is 2. The van der Waals surface area contributed by atoms with Gasteiger partial charge in [0.25, 0.3) is 0 Å². The fourth-order valence-corrected chi connectivity index (χ4v) is 4.43. The van der Waals surface area contributed by atoms with Crippen LogP contribution in [0.1, 0.15) is 52.4 Å². The van der Waals surface area contributed by atoms with E-state index in [-0.39, 0.29) is 23.8 Å². The fourth-order valence-electron chi connectivity index (χ4n) is 2.58. The highest BCUT2D eigenvalue weighted by molar-refractivity contribution is 7.58. The summed E-state index contributed by atoms with van der Waals surface area (Å²) in [5.74, 6) is -0.430. The van der Waals surface area contributed by atoms with Crippen LogP contribution in [-0.2, 0) is 9.36 Å². The maximum atomic E-state index is 12.1. The Hall–Kier alpha value is -0.600. The van der Waals surface area contributed by atoms with Crippen molar-refractivity contribution in [3.05, 3.63) is 11.6 Å². The Kier molecular flexibility index (Phi) is 6.97. The van der Waals surface area contributed by atoms with Crippen LogP contribution < -0.4 is 0 Å². The van der Waals surface area contributed by atoms with Gasteiger partial charge < -0.3 is 10.00 Å². The summed E-state index contributed by atoms with van der Waals surface area (Å²) in [5.41, 5.74) is 0.131. The van der Waals surface area contributed by atoms with Crippen molar-refractivity contribution in [2.24, 2.45) is 11.8 Å². The van der Waals surface area contributed by atoms with Crippen LogP contribution in [0.2, 0.25) is 0 Å². The number of allylic oxidation sites excluding steroid dienone is 1. The lowest BCUT2D eigenvalue weighted by molar-refractivity contribution is -0.132. The zero-order valence-corrected chi connectivity index (χ0v) is 13.4. The van der Waals surface area contributed by atoms with Gasteiger partial charge in [-0.05, 0) is 31.1 Å². The van der Waals surface area contributed by atoms with E-state index in [0.29, 0.717) is 12.3 Å². The van der Waals surface area contributed by atoms with Crippen LogP contribution in [0.5, 0.6) is 0 Å². The second-order valence-corrected chi connectivity index (χ2v) is 8.76. The molecule has 1 saturated carbocycles. The van der Waals surface area contributed by atoms with Crippen LogP contribution in [0, 0.1) is 11.8 Å². The quantitative estimate of drug-likeness (QED) is 0.552. The number of hydrogen-bond acceptors (Lipinski definition) is 2. The minimum Gasteiger partial charge on any atom is -0.478 e. The molecule has 116 valence electrons. The lowest BCUT2D eigenvalue weighted by Crippen LogP contribution is -2.12. The first-order valence-corrected chi connectivity index (χ1v) is 9.58. The van der Waals surface area contributed by atoms with Gasteiger partial charge in [0.15, 0.2) is 0 Å². The standard InChI is InChI=1S/C15H27O4P/c1-12(2)8-9-20(18,19)11-14(15(16)17)10-13-6-4-3-5-7-13/h10,12-13H,3-9,11H2,1-2H3,(H,16,17)(H,18,19)/b14-10+. The Morgan fingerprint density at radius 1 is 1.30 bits per heavy atom. The summed E-state index contributed by atoms with van der Waals surface area (Å²) in [7, 11) is -3.37. The third-order valence-electron chi connectivity index (χ3n) is 3.83. The highest BCUT2D eigenvalue weighted by Gasteiger charge is 2.25. The fraction of sp³-hybridized carbons (Fsp3) is 0.800. The number of aliphatic carboxylic acids is 1. The molecule has 1 aliphatic rings. The minimum absolute atomic E-state index is 0.131. The molecule has 0 aromatic rings. The molecule has 20 heavy (non-hydrogen) atoms. The van der Waals surface area contributed by atoms with Crippen LogP contribution >= 0.6 is 7.37 Å². The summed E-state index contributed by atoms with van der Waals surface area (Å²) in [6.07, 6.45) is 7.86. The SMILES string of the molecule is CC(C)CCP(=O)(O)C/C(=C\C1CCCCC1)C(=O)O. The zero-order chi connectivity index (χ0) is 15.2. The third kappa shape index (κ3) is 6.71. The highest BCUT2D eigenvalue weighted by Crippen LogP contribution is 2.44. The molecule has 1 unspecified atom stereocenters. The van der Waals surface area contributed by atoms with Gasteiger partial charge in [0.2, 0.25) is 7.37 Å². The molecule has 0 radical (unpaired) electrons. The number of carbonyl (C=O) groups is 1. The molecule has 2 N–H and O–H groups in total. The molecule has 5 heteroatoms. The van der Waals surface area contributed by atoms with Gasteiger partial charge in [0.05, 0.1) is 6.16 Å². The minimum atomic E-state index is -3.37. The van der Waals surface area contributed by atoms with Gasteiger partial charge in [0, 0.05) is 11.7 Å². The Bertz CT molecular complexity index is 395. The largest absolute Gasteiger partial charge is 0.478 e. The molecule has 1 aliphatic carbocycles. The van der Waals surface area contributed by atoms with Crippen LogP contribution in [0.15, 0.2) is 11.6 Å². The first kappa shape index (κ1) is 17.5. The Balaban J connectivity index is 2.68. The van der Waals surface area contributed by atoms with Crippen LogP contribution in [0.25, 0.3) is 0 Å². The number of rotatable bonds is 7. The Morgan fingerprint density at radius 3 is 2.40 bits per heavy atom. The van der Waals surface area contributed by atoms with Crippen molar-refractivity contribution in [3.8, 4) is 0 Å². The van der Waals surface area contributed by atoms with Crippen molar-refractivity contribution < 1.29 is 19.4 Å². The summed E-state index contributed by atoms with van der Waals surface area (Å²) >= 11 is 0. The van der Waals surface area contributed by atoms with E-state index in [1.54, 1.807) is 6.08 Å². The molecule has 0 bridgehead atoms. The topological polar surface area (TPSA) is 74.6 Å². The number of carboxylic acid groups (broad SMARTS) is 1. The van der Waals surface area contributed by atoms with Gasteiger partial charge in [-0.1, -0.05) is 39.2 Å². The number of carboxylic acids is 1. The molecule has 0 amide bonds. The molecule has 1 atom stereocenters. The predicted molar refractivity (Wildman–Crippen MR) is 81.3 cm³/mol. The average Bonchev–Trinajstić information content (AvgIpc) is 2.37. The predicted octanol–water partition coefficient (Wildman–Crippen LogP) is 3.89. The molecule has 0 aliphatic heterocycles.